The molecule has 1 aliphatic rings. The molecular weight excluding hydrogens is 262 g/mol. The standard InChI is InChI=1S/C12H15N5OS/c1-9-14-8-10(19-9)2-3-11-15-12(16-18-11)17-6-4-13-5-7-17/h2-3,8,13H,4-7H2,1H3/b3-2+. The quantitative estimate of drug-likeness (QED) is 0.915. The third-order valence-electron chi connectivity index (χ3n) is 2.86. The van der Waals surface area contributed by atoms with Crippen molar-refractivity contribution in [2.75, 3.05) is 31.1 Å². The topological polar surface area (TPSA) is 67.1 Å². The van der Waals surface area contributed by atoms with Gasteiger partial charge in [-0.05, 0) is 18.2 Å². The smallest absolute Gasteiger partial charge is 0.266 e. The Morgan fingerprint density at radius 2 is 2.21 bits per heavy atom. The minimum Gasteiger partial charge on any atom is -0.336 e. The van der Waals surface area contributed by atoms with Gasteiger partial charge in [-0.25, -0.2) is 4.98 Å². The number of aryl methyl sites for hydroxylation is 1. The first-order valence-corrected chi connectivity index (χ1v) is 7.03. The minimum absolute atomic E-state index is 0.527. The van der Waals surface area contributed by atoms with E-state index in [9.17, 15) is 0 Å². The fourth-order valence-electron chi connectivity index (χ4n) is 1.90. The highest BCUT2D eigenvalue weighted by Gasteiger charge is 2.15. The lowest BCUT2D eigenvalue weighted by atomic mass is 10.4. The maximum Gasteiger partial charge on any atom is 0.266 e. The van der Waals surface area contributed by atoms with Crippen molar-refractivity contribution in [2.24, 2.45) is 0 Å². The van der Waals surface area contributed by atoms with Crippen LogP contribution in [0.2, 0.25) is 0 Å². The van der Waals surface area contributed by atoms with E-state index in [0.29, 0.717) is 11.8 Å². The predicted octanol–water partition coefficient (Wildman–Crippen LogP) is 1.41. The summed E-state index contributed by atoms with van der Waals surface area (Å²) < 4.78 is 5.22. The molecule has 3 rings (SSSR count). The highest BCUT2D eigenvalue weighted by molar-refractivity contribution is 7.12. The van der Waals surface area contributed by atoms with Crippen molar-refractivity contribution < 1.29 is 4.52 Å². The van der Waals surface area contributed by atoms with Crippen LogP contribution >= 0.6 is 11.3 Å². The van der Waals surface area contributed by atoms with Crippen LogP contribution in [0.25, 0.3) is 12.2 Å². The minimum atomic E-state index is 0.527. The molecule has 19 heavy (non-hydrogen) atoms. The van der Waals surface area contributed by atoms with Gasteiger partial charge >= 0.3 is 0 Å². The number of anilines is 1. The number of nitrogens with one attached hydrogen (secondary N) is 1. The monoisotopic (exact) mass is 277 g/mol. The molecule has 1 N–H and O–H groups in total. The van der Waals surface area contributed by atoms with Crippen molar-refractivity contribution >= 4 is 29.4 Å². The molecule has 0 saturated carbocycles. The Kier molecular flexibility index (Phi) is 3.56. The molecule has 0 radical (unpaired) electrons. The zero-order valence-corrected chi connectivity index (χ0v) is 11.5. The Morgan fingerprint density at radius 1 is 1.37 bits per heavy atom. The van der Waals surface area contributed by atoms with Crippen LogP contribution in [0, 0.1) is 6.92 Å². The molecule has 0 amide bonds. The van der Waals surface area contributed by atoms with E-state index in [1.165, 1.54) is 0 Å². The second kappa shape index (κ2) is 5.50. The molecule has 2 aromatic rings. The first-order chi connectivity index (χ1) is 9.31. The maximum absolute atomic E-state index is 5.22. The number of rotatable bonds is 3. The molecule has 1 aliphatic heterocycles. The molecule has 0 bridgehead atoms. The molecule has 7 heteroatoms. The van der Waals surface area contributed by atoms with Crippen LogP contribution in [0.4, 0.5) is 5.95 Å². The molecule has 1 fully saturated rings. The van der Waals surface area contributed by atoms with Gasteiger partial charge in [0.2, 0.25) is 0 Å². The maximum atomic E-state index is 5.22. The SMILES string of the molecule is Cc1ncc(/C=C/c2nc(N3CCNCC3)no2)s1. The summed E-state index contributed by atoms with van der Waals surface area (Å²) in [6.45, 7) is 5.73. The number of thiazole rings is 1. The van der Waals surface area contributed by atoms with E-state index in [4.69, 9.17) is 4.52 Å². The van der Waals surface area contributed by atoms with Crippen molar-refractivity contribution in [1.82, 2.24) is 20.4 Å². The molecule has 0 spiro atoms. The van der Waals surface area contributed by atoms with E-state index in [2.05, 4.69) is 25.3 Å². The summed E-state index contributed by atoms with van der Waals surface area (Å²) in [6, 6.07) is 0. The van der Waals surface area contributed by atoms with E-state index >= 15 is 0 Å². The van der Waals surface area contributed by atoms with E-state index in [1.807, 2.05) is 25.3 Å². The largest absolute Gasteiger partial charge is 0.336 e. The summed E-state index contributed by atoms with van der Waals surface area (Å²) in [6.07, 6.45) is 5.61. The lowest BCUT2D eigenvalue weighted by molar-refractivity contribution is 0.407. The molecule has 100 valence electrons. The molecular formula is C12H15N5OS. The first kappa shape index (κ1) is 12.3. The normalized spacial score (nSPS) is 16.4. The summed E-state index contributed by atoms with van der Waals surface area (Å²) in [5.74, 6) is 1.20. The highest BCUT2D eigenvalue weighted by atomic mass is 32.1. The number of hydrogen-bond donors (Lipinski definition) is 1. The van der Waals surface area contributed by atoms with Crippen molar-refractivity contribution in [1.29, 1.82) is 0 Å². The van der Waals surface area contributed by atoms with Gasteiger partial charge in [0, 0.05) is 43.3 Å². The zero-order valence-electron chi connectivity index (χ0n) is 10.7. The van der Waals surface area contributed by atoms with Crippen LogP contribution in [-0.4, -0.2) is 41.3 Å². The summed E-state index contributed by atoms with van der Waals surface area (Å²) in [4.78, 5) is 11.8. The lowest BCUT2D eigenvalue weighted by Crippen LogP contribution is -2.44. The third kappa shape index (κ3) is 2.99. The summed E-state index contributed by atoms with van der Waals surface area (Å²) in [7, 11) is 0. The Morgan fingerprint density at radius 3 is 2.95 bits per heavy atom. The molecule has 3 heterocycles. The molecule has 2 aromatic heterocycles. The second-order valence-corrected chi connectivity index (χ2v) is 5.55. The van der Waals surface area contributed by atoms with Crippen LogP contribution in [0.1, 0.15) is 15.8 Å². The molecule has 0 unspecified atom stereocenters. The van der Waals surface area contributed by atoms with Crippen molar-refractivity contribution in [3.63, 3.8) is 0 Å². The Bertz CT molecular complexity index is 570. The van der Waals surface area contributed by atoms with Gasteiger partial charge in [0.25, 0.3) is 11.8 Å². The highest BCUT2D eigenvalue weighted by Crippen LogP contribution is 2.16. The molecule has 0 aromatic carbocycles. The van der Waals surface area contributed by atoms with Crippen molar-refractivity contribution in [3.8, 4) is 0 Å². The van der Waals surface area contributed by atoms with Gasteiger partial charge in [-0.1, -0.05) is 0 Å². The van der Waals surface area contributed by atoms with Crippen LogP contribution < -0.4 is 10.2 Å². The molecule has 0 atom stereocenters. The number of nitrogens with zero attached hydrogens (tertiary/aromatic N) is 4. The fraction of sp³-hybridized carbons (Fsp3) is 0.417. The average Bonchev–Trinajstić information content (AvgIpc) is 3.06. The van der Waals surface area contributed by atoms with Gasteiger partial charge in [0.15, 0.2) is 0 Å². The van der Waals surface area contributed by atoms with Crippen LogP contribution in [0.15, 0.2) is 10.7 Å². The second-order valence-electron chi connectivity index (χ2n) is 4.28. The van der Waals surface area contributed by atoms with E-state index in [-0.39, 0.29) is 0 Å². The third-order valence-corrected chi connectivity index (χ3v) is 3.74. The fourth-order valence-corrected chi connectivity index (χ4v) is 2.58. The Hall–Kier alpha value is -1.73. The lowest BCUT2D eigenvalue weighted by Gasteiger charge is -2.25. The van der Waals surface area contributed by atoms with Gasteiger partial charge in [-0.15, -0.1) is 11.3 Å². The number of aromatic nitrogens is 3. The number of piperazine rings is 1. The Balaban J connectivity index is 1.69. The van der Waals surface area contributed by atoms with Crippen LogP contribution in [-0.2, 0) is 0 Å². The van der Waals surface area contributed by atoms with Gasteiger partial charge in [0.05, 0.1) is 5.01 Å². The van der Waals surface area contributed by atoms with E-state index in [0.717, 1.165) is 36.1 Å². The van der Waals surface area contributed by atoms with Gasteiger partial charge < -0.3 is 14.7 Å². The molecule has 1 saturated heterocycles. The average molecular weight is 277 g/mol. The van der Waals surface area contributed by atoms with Crippen molar-refractivity contribution in [3.05, 3.63) is 22.0 Å². The summed E-state index contributed by atoms with van der Waals surface area (Å²) in [5.41, 5.74) is 0. The van der Waals surface area contributed by atoms with E-state index in [1.54, 1.807) is 11.3 Å². The zero-order chi connectivity index (χ0) is 13.1. The van der Waals surface area contributed by atoms with Crippen LogP contribution in [0.3, 0.4) is 0 Å². The van der Waals surface area contributed by atoms with Crippen molar-refractivity contribution in [2.45, 2.75) is 6.92 Å². The first-order valence-electron chi connectivity index (χ1n) is 6.21. The Labute approximate surface area is 115 Å². The number of hydrogen-bond acceptors (Lipinski definition) is 7. The van der Waals surface area contributed by atoms with Gasteiger partial charge in [-0.3, -0.25) is 0 Å². The van der Waals surface area contributed by atoms with E-state index < -0.39 is 0 Å². The predicted molar refractivity (Wildman–Crippen MR) is 75.2 cm³/mol. The molecule has 6 nitrogen and oxygen atoms in total. The summed E-state index contributed by atoms with van der Waals surface area (Å²) in [5, 5.41) is 8.35. The summed E-state index contributed by atoms with van der Waals surface area (Å²) >= 11 is 1.64. The van der Waals surface area contributed by atoms with Gasteiger partial charge in [0.1, 0.15) is 0 Å². The van der Waals surface area contributed by atoms with Crippen LogP contribution in [0.5, 0.6) is 0 Å². The molecule has 0 aliphatic carbocycles. The van der Waals surface area contributed by atoms with Gasteiger partial charge in [-0.2, -0.15) is 4.98 Å².